The van der Waals surface area contributed by atoms with Crippen molar-refractivity contribution in [1.82, 2.24) is 0 Å². The molecular formula is C20H25F5O2. The van der Waals surface area contributed by atoms with E-state index >= 15 is 0 Å². The van der Waals surface area contributed by atoms with E-state index in [0.717, 1.165) is 25.9 Å². The van der Waals surface area contributed by atoms with Crippen molar-refractivity contribution in [3.8, 4) is 0 Å². The first-order valence-corrected chi connectivity index (χ1v) is 9.62. The molecule has 152 valence electrons. The molecule has 0 amide bonds. The van der Waals surface area contributed by atoms with E-state index in [1.54, 1.807) is 0 Å². The second-order valence-electron chi connectivity index (χ2n) is 7.65. The van der Waals surface area contributed by atoms with Crippen molar-refractivity contribution in [2.45, 2.75) is 70.2 Å². The van der Waals surface area contributed by atoms with Crippen LogP contribution in [0.2, 0.25) is 0 Å². The van der Waals surface area contributed by atoms with E-state index in [2.05, 4.69) is 6.92 Å². The molecule has 2 aliphatic rings. The Labute approximate surface area is 156 Å². The zero-order valence-corrected chi connectivity index (χ0v) is 15.3. The molecule has 27 heavy (non-hydrogen) atoms. The second kappa shape index (κ2) is 8.43. The standard InChI is InChI=1S/C20H25F5O2/c1-2-12-3-8-18(26-11-12)13-4-6-15(7-5-13)27-20(24,25)14-9-16(21)19(23)17(22)10-14/h9-10,12-13,15,18H,2-8,11H2,1H3. The molecule has 1 aromatic carbocycles. The summed E-state index contributed by atoms with van der Waals surface area (Å²) in [4.78, 5) is 0. The summed E-state index contributed by atoms with van der Waals surface area (Å²) in [5, 5.41) is 0. The van der Waals surface area contributed by atoms with E-state index < -0.39 is 35.2 Å². The van der Waals surface area contributed by atoms with Gasteiger partial charge in [-0.25, -0.2) is 13.2 Å². The molecule has 1 saturated heterocycles. The number of benzene rings is 1. The third-order valence-corrected chi connectivity index (χ3v) is 5.86. The lowest BCUT2D eigenvalue weighted by molar-refractivity contribution is -0.279. The molecule has 2 atom stereocenters. The van der Waals surface area contributed by atoms with Crippen LogP contribution in [0.1, 0.15) is 57.4 Å². The summed E-state index contributed by atoms with van der Waals surface area (Å²) in [5.74, 6) is -4.14. The summed E-state index contributed by atoms with van der Waals surface area (Å²) in [7, 11) is 0. The van der Waals surface area contributed by atoms with Gasteiger partial charge in [0, 0.05) is 6.61 Å². The van der Waals surface area contributed by atoms with Crippen molar-refractivity contribution in [2.24, 2.45) is 11.8 Å². The van der Waals surface area contributed by atoms with E-state index in [-0.39, 0.29) is 18.2 Å². The van der Waals surface area contributed by atoms with Gasteiger partial charge >= 0.3 is 6.11 Å². The molecule has 1 aromatic rings. The Morgan fingerprint density at radius 1 is 1.00 bits per heavy atom. The molecular weight excluding hydrogens is 367 g/mol. The number of alkyl halides is 2. The largest absolute Gasteiger partial charge is 0.383 e. The fraction of sp³-hybridized carbons (Fsp3) is 0.700. The average molecular weight is 392 g/mol. The SMILES string of the molecule is CCC1CCC(C2CCC(OC(F)(F)c3cc(F)c(F)c(F)c3)CC2)OC1. The lowest BCUT2D eigenvalue weighted by atomic mass is 9.80. The van der Waals surface area contributed by atoms with Crippen molar-refractivity contribution in [1.29, 1.82) is 0 Å². The zero-order chi connectivity index (χ0) is 19.6. The fourth-order valence-electron chi connectivity index (χ4n) is 4.10. The normalized spacial score (nSPS) is 29.7. The lowest BCUT2D eigenvalue weighted by Gasteiger charge is -2.38. The summed E-state index contributed by atoms with van der Waals surface area (Å²) >= 11 is 0. The van der Waals surface area contributed by atoms with Crippen LogP contribution in [0.25, 0.3) is 0 Å². The summed E-state index contributed by atoms with van der Waals surface area (Å²) in [6, 6.07) is 0.564. The molecule has 1 saturated carbocycles. The monoisotopic (exact) mass is 392 g/mol. The predicted molar refractivity (Wildman–Crippen MR) is 89.8 cm³/mol. The van der Waals surface area contributed by atoms with Gasteiger partial charge in [0.25, 0.3) is 0 Å². The molecule has 0 bridgehead atoms. The minimum Gasteiger partial charge on any atom is -0.378 e. The molecule has 1 aliphatic carbocycles. The third-order valence-electron chi connectivity index (χ3n) is 5.86. The molecule has 2 fully saturated rings. The van der Waals surface area contributed by atoms with Gasteiger partial charge in [0.05, 0.1) is 17.8 Å². The van der Waals surface area contributed by atoms with Crippen molar-refractivity contribution in [2.75, 3.05) is 6.61 Å². The molecule has 0 N–H and O–H groups in total. The maximum atomic E-state index is 14.3. The highest BCUT2D eigenvalue weighted by atomic mass is 19.3. The van der Waals surface area contributed by atoms with Crippen molar-refractivity contribution < 1.29 is 31.4 Å². The number of hydrogen-bond donors (Lipinski definition) is 0. The highest BCUT2D eigenvalue weighted by Gasteiger charge is 2.40. The maximum Gasteiger partial charge on any atom is 0.383 e. The Bertz CT molecular complexity index is 612. The van der Waals surface area contributed by atoms with Crippen LogP contribution >= 0.6 is 0 Å². The van der Waals surface area contributed by atoms with Gasteiger partial charge in [0.1, 0.15) is 0 Å². The van der Waals surface area contributed by atoms with Crippen LogP contribution in [0.3, 0.4) is 0 Å². The first kappa shape index (κ1) is 20.5. The Kier molecular flexibility index (Phi) is 6.41. The van der Waals surface area contributed by atoms with Gasteiger partial charge in [-0.2, -0.15) is 8.78 Å². The van der Waals surface area contributed by atoms with Crippen LogP contribution in [-0.4, -0.2) is 18.8 Å². The maximum absolute atomic E-state index is 14.3. The molecule has 2 unspecified atom stereocenters. The molecule has 0 radical (unpaired) electrons. The van der Waals surface area contributed by atoms with E-state index in [0.29, 0.717) is 37.5 Å². The van der Waals surface area contributed by atoms with E-state index in [4.69, 9.17) is 9.47 Å². The van der Waals surface area contributed by atoms with Gasteiger partial charge in [-0.1, -0.05) is 13.3 Å². The van der Waals surface area contributed by atoms with Crippen molar-refractivity contribution >= 4 is 0 Å². The lowest BCUT2D eigenvalue weighted by Crippen LogP contribution is -2.36. The van der Waals surface area contributed by atoms with Crippen LogP contribution in [0.4, 0.5) is 22.0 Å². The fourth-order valence-corrected chi connectivity index (χ4v) is 4.10. The first-order valence-electron chi connectivity index (χ1n) is 9.62. The summed E-state index contributed by atoms with van der Waals surface area (Å²) < 4.78 is 78.8. The van der Waals surface area contributed by atoms with Gasteiger partial charge in [-0.15, -0.1) is 0 Å². The summed E-state index contributed by atoms with van der Waals surface area (Å²) in [6.45, 7) is 2.91. The molecule has 1 aliphatic heterocycles. The Morgan fingerprint density at radius 2 is 1.63 bits per heavy atom. The smallest absolute Gasteiger partial charge is 0.378 e. The van der Waals surface area contributed by atoms with Crippen LogP contribution in [0.15, 0.2) is 12.1 Å². The van der Waals surface area contributed by atoms with Gasteiger partial charge in [-0.3, -0.25) is 0 Å². The summed E-state index contributed by atoms with van der Waals surface area (Å²) in [5.41, 5.74) is -1.01. The molecule has 2 nitrogen and oxygen atoms in total. The van der Waals surface area contributed by atoms with Crippen molar-refractivity contribution in [3.05, 3.63) is 35.1 Å². The number of halogens is 5. The Morgan fingerprint density at radius 3 is 2.15 bits per heavy atom. The average Bonchev–Trinajstić information content (AvgIpc) is 2.66. The number of hydrogen-bond acceptors (Lipinski definition) is 2. The minimum absolute atomic E-state index is 0.176. The quantitative estimate of drug-likeness (QED) is 0.456. The number of ether oxygens (including phenoxy) is 2. The molecule has 7 heteroatoms. The van der Waals surface area contributed by atoms with E-state index in [1.165, 1.54) is 0 Å². The van der Waals surface area contributed by atoms with Crippen molar-refractivity contribution in [3.63, 3.8) is 0 Å². The summed E-state index contributed by atoms with van der Waals surface area (Å²) in [6.07, 6.45) is 1.13. The van der Waals surface area contributed by atoms with E-state index in [1.807, 2.05) is 0 Å². The molecule has 0 aromatic heterocycles. The van der Waals surface area contributed by atoms with Gasteiger partial charge in [0.2, 0.25) is 0 Å². The highest BCUT2D eigenvalue weighted by molar-refractivity contribution is 5.22. The highest BCUT2D eigenvalue weighted by Crippen LogP contribution is 2.39. The van der Waals surface area contributed by atoms with Crippen LogP contribution in [0, 0.1) is 29.3 Å². The third kappa shape index (κ3) is 4.80. The zero-order valence-electron chi connectivity index (χ0n) is 15.3. The van der Waals surface area contributed by atoms with Gasteiger partial charge < -0.3 is 9.47 Å². The van der Waals surface area contributed by atoms with Gasteiger partial charge in [0.15, 0.2) is 17.5 Å². The molecule has 0 spiro atoms. The van der Waals surface area contributed by atoms with Gasteiger partial charge in [-0.05, 0) is 62.5 Å². The first-order chi connectivity index (χ1) is 12.8. The Balaban J connectivity index is 1.54. The molecule has 1 heterocycles. The topological polar surface area (TPSA) is 18.5 Å². The predicted octanol–water partition coefficient (Wildman–Crippen LogP) is 5.93. The van der Waals surface area contributed by atoms with Crippen LogP contribution in [0.5, 0.6) is 0 Å². The van der Waals surface area contributed by atoms with Crippen LogP contribution in [-0.2, 0) is 15.6 Å². The minimum atomic E-state index is -3.87. The van der Waals surface area contributed by atoms with Crippen LogP contribution < -0.4 is 0 Å². The van der Waals surface area contributed by atoms with E-state index in [9.17, 15) is 22.0 Å². The number of rotatable bonds is 5. The molecule has 3 rings (SSSR count). The second-order valence-corrected chi connectivity index (χ2v) is 7.65. The Hall–Kier alpha value is -1.21.